The number of aromatic nitrogens is 1. The monoisotopic (exact) mass is 463 g/mol. The molecule has 0 N–H and O–H groups in total. The van der Waals surface area contributed by atoms with E-state index in [9.17, 15) is 9.59 Å². The van der Waals surface area contributed by atoms with Crippen molar-refractivity contribution in [1.29, 1.82) is 0 Å². The van der Waals surface area contributed by atoms with Gasteiger partial charge in [0.15, 0.2) is 5.78 Å². The molecular weight excluding hydrogens is 442 g/mol. The number of rotatable bonds is 3. The molecule has 5 rings (SSSR count). The van der Waals surface area contributed by atoms with Gasteiger partial charge in [0.25, 0.3) is 5.91 Å². The van der Waals surface area contributed by atoms with Gasteiger partial charge in [0.1, 0.15) is 5.15 Å². The molecule has 0 spiro atoms. The highest BCUT2D eigenvalue weighted by Gasteiger charge is 2.25. The molecule has 2 aromatic heterocycles. The van der Waals surface area contributed by atoms with Crippen LogP contribution in [0.1, 0.15) is 32.5 Å². The van der Waals surface area contributed by atoms with Crippen molar-refractivity contribution in [3.05, 3.63) is 69.7 Å². The predicted molar refractivity (Wildman–Crippen MR) is 131 cm³/mol. The van der Waals surface area contributed by atoms with Crippen LogP contribution < -0.4 is 4.90 Å². The van der Waals surface area contributed by atoms with Crippen molar-refractivity contribution in [1.82, 2.24) is 9.88 Å². The molecule has 0 atom stereocenters. The summed E-state index contributed by atoms with van der Waals surface area (Å²) in [5.41, 5.74) is 3.78. The van der Waals surface area contributed by atoms with E-state index in [0.29, 0.717) is 28.7 Å². The Morgan fingerprint density at radius 3 is 2.38 bits per heavy atom. The third-order valence-electron chi connectivity index (χ3n) is 5.99. The summed E-state index contributed by atoms with van der Waals surface area (Å²) in [4.78, 5) is 34.1. The molecule has 1 aliphatic rings. The van der Waals surface area contributed by atoms with Gasteiger partial charge in [-0.25, -0.2) is 4.98 Å². The third kappa shape index (κ3) is 3.74. The van der Waals surface area contributed by atoms with Crippen molar-refractivity contribution in [2.45, 2.75) is 13.8 Å². The lowest BCUT2D eigenvalue weighted by molar-refractivity contribution is 0.0751. The van der Waals surface area contributed by atoms with Crippen LogP contribution in [0.15, 0.2) is 48.5 Å². The summed E-state index contributed by atoms with van der Waals surface area (Å²) in [6.07, 6.45) is 0. The van der Waals surface area contributed by atoms with Crippen LogP contribution in [-0.4, -0.2) is 47.8 Å². The van der Waals surface area contributed by atoms with Gasteiger partial charge in [0, 0.05) is 52.9 Å². The van der Waals surface area contributed by atoms with Crippen LogP contribution in [0.4, 0.5) is 5.69 Å². The SMILES string of the molecule is CC(=O)c1ccc(N2CCN(C(=O)c3cc4c(Cl)nc5ccc(C)cc5c4s3)CC2)cc1. The molecule has 1 fully saturated rings. The van der Waals surface area contributed by atoms with E-state index >= 15 is 0 Å². The Morgan fingerprint density at radius 1 is 0.969 bits per heavy atom. The maximum Gasteiger partial charge on any atom is 0.264 e. The molecule has 1 amide bonds. The minimum atomic E-state index is 0.0367. The first-order valence-corrected chi connectivity index (χ1v) is 11.7. The van der Waals surface area contributed by atoms with E-state index in [1.165, 1.54) is 11.3 Å². The highest BCUT2D eigenvalue weighted by molar-refractivity contribution is 7.21. The van der Waals surface area contributed by atoms with Gasteiger partial charge in [0.2, 0.25) is 0 Å². The first-order valence-electron chi connectivity index (χ1n) is 10.6. The van der Waals surface area contributed by atoms with Crippen molar-refractivity contribution < 1.29 is 9.59 Å². The Labute approximate surface area is 195 Å². The number of anilines is 1. The molecule has 0 radical (unpaired) electrons. The van der Waals surface area contributed by atoms with Crippen LogP contribution in [0.3, 0.4) is 0 Å². The normalized spacial score (nSPS) is 14.3. The summed E-state index contributed by atoms with van der Waals surface area (Å²) in [6.45, 7) is 6.41. The lowest BCUT2D eigenvalue weighted by Gasteiger charge is -2.36. The van der Waals surface area contributed by atoms with E-state index in [1.807, 2.05) is 54.3 Å². The molecule has 7 heteroatoms. The van der Waals surface area contributed by atoms with Crippen molar-refractivity contribution >= 4 is 61.3 Å². The molecule has 2 aromatic carbocycles. The number of hydrogen-bond donors (Lipinski definition) is 0. The first-order chi connectivity index (χ1) is 15.4. The number of ketones is 1. The molecule has 1 aliphatic heterocycles. The highest BCUT2D eigenvalue weighted by atomic mass is 35.5. The fraction of sp³-hybridized carbons (Fsp3) is 0.240. The predicted octanol–water partition coefficient (Wildman–Crippen LogP) is 5.58. The van der Waals surface area contributed by atoms with Gasteiger partial charge in [-0.3, -0.25) is 9.59 Å². The topological polar surface area (TPSA) is 53.5 Å². The van der Waals surface area contributed by atoms with Gasteiger partial charge < -0.3 is 9.80 Å². The van der Waals surface area contributed by atoms with Crippen LogP contribution in [0, 0.1) is 6.92 Å². The van der Waals surface area contributed by atoms with E-state index in [4.69, 9.17) is 11.6 Å². The number of carbonyl (C=O) groups is 2. The molecule has 0 bridgehead atoms. The zero-order valence-electron chi connectivity index (χ0n) is 17.9. The molecule has 0 unspecified atom stereocenters. The molecule has 0 saturated carbocycles. The Kier molecular flexibility index (Phi) is 5.35. The minimum Gasteiger partial charge on any atom is -0.368 e. The fourth-order valence-corrected chi connectivity index (χ4v) is 5.62. The van der Waals surface area contributed by atoms with Gasteiger partial charge in [-0.15, -0.1) is 11.3 Å². The highest BCUT2D eigenvalue weighted by Crippen LogP contribution is 2.36. The fourth-order valence-electron chi connectivity index (χ4n) is 4.18. The van der Waals surface area contributed by atoms with E-state index < -0.39 is 0 Å². The number of thiophene rings is 1. The maximum atomic E-state index is 13.3. The second-order valence-electron chi connectivity index (χ2n) is 8.16. The summed E-state index contributed by atoms with van der Waals surface area (Å²) < 4.78 is 1.01. The summed E-state index contributed by atoms with van der Waals surface area (Å²) >= 11 is 7.93. The van der Waals surface area contributed by atoms with Crippen molar-refractivity contribution in [2.75, 3.05) is 31.1 Å². The lowest BCUT2D eigenvalue weighted by atomic mass is 10.1. The summed E-state index contributed by atoms with van der Waals surface area (Å²) in [7, 11) is 0. The second kappa shape index (κ2) is 8.19. The number of halogens is 1. The number of amides is 1. The number of carbonyl (C=O) groups excluding carboxylic acids is 2. The first kappa shape index (κ1) is 20.9. The average Bonchev–Trinajstić information content (AvgIpc) is 3.26. The molecular formula is C25H22ClN3O2S. The summed E-state index contributed by atoms with van der Waals surface area (Å²) in [5, 5.41) is 2.31. The van der Waals surface area contributed by atoms with Crippen molar-refractivity contribution in [3.8, 4) is 0 Å². The maximum absolute atomic E-state index is 13.3. The number of aryl methyl sites for hydroxylation is 1. The van der Waals surface area contributed by atoms with Crippen molar-refractivity contribution in [2.24, 2.45) is 0 Å². The van der Waals surface area contributed by atoms with Crippen molar-refractivity contribution in [3.63, 3.8) is 0 Å². The molecule has 32 heavy (non-hydrogen) atoms. The zero-order valence-corrected chi connectivity index (χ0v) is 19.5. The number of hydrogen-bond acceptors (Lipinski definition) is 5. The van der Waals surface area contributed by atoms with Crippen LogP contribution in [0.5, 0.6) is 0 Å². The number of Topliss-reactive ketones (excluding diaryl/α,β-unsaturated/α-hetero) is 1. The van der Waals surface area contributed by atoms with Crippen LogP contribution in [0.2, 0.25) is 5.15 Å². The Hall–Kier alpha value is -2.96. The molecule has 162 valence electrons. The minimum absolute atomic E-state index is 0.0367. The molecule has 1 saturated heterocycles. The zero-order chi connectivity index (χ0) is 22.4. The van der Waals surface area contributed by atoms with Gasteiger partial charge in [-0.2, -0.15) is 0 Å². The Bertz CT molecular complexity index is 1360. The summed E-state index contributed by atoms with van der Waals surface area (Å²) in [6, 6.07) is 15.6. The Morgan fingerprint density at radius 2 is 1.69 bits per heavy atom. The summed E-state index contributed by atoms with van der Waals surface area (Å²) in [5.74, 6) is 0.100. The molecule has 5 nitrogen and oxygen atoms in total. The number of nitrogens with zero attached hydrogens (tertiary/aromatic N) is 3. The van der Waals surface area contributed by atoms with Crippen LogP contribution in [0.25, 0.3) is 21.0 Å². The molecule has 3 heterocycles. The quantitative estimate of drug-likeness (QED) is 0.294. The van der Waals surface area contributed by atoms with Gasteiger partial charge in [-0.05, 0) is 56.3 Å². The van der Waals surface area contributed by atoms with E-state index in [2.05, 4.69) is 16.0 Å². The Balaban J connectivity index is 1.36. The number of pyridine rings is 1. The average molecular weight is 464 g/mol. The largest absolute Gasteiger partial charge is 0.368 e. The van der Waals surface area contributed by atoms with Crippen LogP contribution in [-0.2, 0) is 0 Å². The van der Waals surface area contributed by atoms with E-state index in [1.54, 1.807) is 6.92 Å². The molecule has 4 aromatic rings. The number of fused-ring (bicyclic) bond motifs is 3. The van der Waals surface area contributed by atoms with E-state index in [0.717, 1.165) is 45.3 Å². The third-order valence-corrected chi connectivity index (χ3v) is 7.43. The second-order valence-corrected chi connectivity index (χ2v) is 9.57. The lowest BCUT2D eigenvalue weighted by Crippen LogP contribution is -2.48. The number of piperazine rings is 1. The van der Waals surface area contributed by atoms with E-state index in [-0.39, 0.29) is 11.7 Å². The van der Waals surface area contributed by atoms with Crippen LogP contribution >= 0.6 is 22.9 Å². The standard InChI is InChI=1S/C25H22ClN3O2S/c1-15-3-8-21-19(13-15)23-20(24(26)27-21)14-22(32-23)25(31)29-11-9-28(10-12-29)18-6-4-17(5-7-18)16(2)30/h3-8,13-14H,9-12H2,1-2H3. The molecule has 0 aliphatic carbocycles. The number of benzene rings is 2. The van der Waals surface area contributed by atoms with Gasteiger partial charge in [0.05, 0.1) is 10.4 Å². The van der Waals surface area contributed by atoms with Gasteiger partial charge >= 0.3 is 0 Å². The smallest absolute Gasteiger partial charge is 0.264 e. The van der Waals surface area contributed by atoms with Gasteiger partial charge in [-0.1, -0.05) is 23.2 Å².